The van der Waals surface area contributed by atoms with Gasteiger partial charge in [0, 0.05) is 45.0 Å². The van der Waals surface area contributed by atoms with Crippen molar-refractivity contribution in [2.24, 2.45) is 0 Å². The van der Waals surface area contributed by atoms with Crippen LogP contribution in [0.4, 0.5) is 0 Å². The number of rotatable bonds is 8. The monoisotopic (exact) mass is 272 g/mol. The van der Waals surface area contributed by atoms with Crippen molar-refractivity contribution in [3.05, 3.63) is 0 Å². The Labute approximate surface area is 118 Å². The van der Waals surface area contributed by atoms with Crippen molar-refractivity contribution in [3.8, 4) is 0 Å². The van der Waals surface area contributed by atoms with Gasteiger partial charge in [-0.1, -0.05) is 6.92 Å². The topological polar surface area (TPSA) is 33.7 Å². The van der Waals surface area contributed by atoms with Crippen molar-refractivity contribution in [2.75, 3.05) is 46.6 Å². The van der Waals surface area contributed by atoms with Crippen molar-refractivity contribution in [1.82, 2.24) is 10.2 Å². The van der Waals surface area contributed by atoms with Gasteiger partial charge in [-0.15, -0.1) is 0 Å². The van der Waals surface area contributed by atoms with Gasteiger partial charge in [-0.25, -0.2) is 0 Å². The maximum atomic E-state index is 5.69. The number of hydrogen-bond acceptors (Lipinski definition) is 4. The third-order valence-corrected chi connectivity index (χ3v) is 4.23. The predicted octanol–water partition coefficient (Wildman–Crippen LogP) is 1.89. The van der Waals surface area contributed by atoms with Gasteiger partial charge in [0.1, 0.15) is 0 Å². The number of hydrogen-bond donors (Lipinski definition) is 1. The summed E-state index contributed by atoms with van der Waals surface area (Å²) in [6.07, 6.45) is 3.38. The summed E-state index contributed by atoms with van der Waals surface area (Å²) in [7, 11) is 1.73. The lowest BCUT2D eigenvalue weighted by Crippen LogP contribution is -2.50. The number of ether oxygens (including phenoxy) is 2. The van der Waals surface area contributed by atoms with Gasteiger partial charge in [-0.05, 0) is 39.7 Å². The third-order valence-electron chi connectivity index (χ3n) is 4.23. The molecule has 2 atom stereocenters. The molecule has 114 valence electrons. The Hall–Kier alpha value is -0.160. The lowest BCUT2D eigenvalue weighted by atomic mass is 9.98. The van der Waals surface area contributed by atoms with E-state index in [1.54, 1.807) is 7.11 Å². The zero-order valence-corrected chi connectivity index (χ0v) is 13.2. The van der Waals surface area contributed by atoms with Crippen LogP contribution in [-0.4, -0.2) is 63.0 Å². The normalized spacial score (nSPS) is 29.4. The Morgan fingerprint density at radius 2 is 2.11 bits per heavy atom. The van der Waals surface area contributed by atoms with Gasteiger partial charge in [0.05, 0.1) is 6.61 Å². The summed E-state index contributed by atoms with van der Waals surface area (Å²) in [6, 6.07) is 0.642. The summed E-state index contributed by atoms with van der Waals surface area (Å²) < 4.78 is 10.7. The smallest absolute Gasteiger partial charge is 0.0593 e. The molecule has 0 bridgehead atoms. The van der Waals surface area contributed by atoms with Gasteiger partial charge in [-0.3, -0.25) is 4.90 Å². The average Bonchev–Trinajstić information content (AvgIpc) is 2.54. The van der Waals surface area contributed by atoms with Crippen LogP contribution in [0, 0.1) is 0 Å². The molecule has 0 saturated carbocycles. The molecule has 1 saturated heterocycles. The van der Waals surface area contributed by atoms with Gasteiger partial charge in [0.25, 0.3) is 0 Å². The predicted molar refractivity (Wildman–Crippen MR) is 79.7 cm³/mol. The van der Waals surface area contributed by atoms with E-state index in [-0.39, 0.29) is 5.54 Å². The molecule has 1 aliphatic heterocycles. The summed E-state index contributed by atoms with van der Waals surface area (Å²) in [5, 5.41) is 3.69. The first-order valence-electron chi connectivity index (χ1n) is 7.67. The Balaban J connectivity index is 2.28. The first-order chi connectivity index (χ1) is 9.11. The van der Waals surface area contributed by atoms with Crippen LogP contribution in [0.1, 0.15) is 40.0 Å². The Kier molecular flexibility index (Phi) is 7.91. The highest BCUT2D eigenvalue weighted by atomic mass is 16.5. The van der Waals surface area contributed by atoms with E-state index in [1.165, 1.54) is 12.8 Å². The molecule has 19 heavy (non-hydrogen) atoms. The molecular weight excluding hydrogens is 240 g/mol. The number of nitrogens with one attached hydrogen (secondary N) is 1. The first kappa shape index (κ1) is 16.9. The summed E-state index contributed by atoms with van der Waals surface area (Å²) in [4.78, 5) is 2.57. The van der Waals surface area contributed by atoms with Crippen molar-refractivity contribution < 1.29 is 9.47 Å². The standard InChI is InChI=1S/C15H32N2O2/c1-5-15(3)13-17(14(2)7-8-16-15)9-12-19-11-6-10-18-4/h14,16H,5-13H2,1-4H3. The molecule has 1 aliphatic rings. The van der Waals surface area contributed by atoms with E-state index in [1.807, 2.05) is 0 Å². The molecule has 1 heterocycles. The van der Waals surface area contributed by atoms with Crippen LogP contribution in [0.15, 0.2) is 0 Å². The van der Waals surface area contributed by atoms with E-state index in [0.717, 1.165) is 45.9 Å². The van der Waals surface area contributed by atoms with E-state index in [9.17, 15) is 0 Å². The Morgan fingerprint density at radius 1 is 1.32 bits per heavy atom. The second kappa shape index (κ2) is 8.90. The molecule has 0 aromatic heterocycles. The van der Waals surface area contributed by atoms with Crippen LogP contribution in [0.2, 0.25) is 0 Å². The van der Waals surface area contributed by atoms with E-state index in [4.69, 9.17) is 9.47 Å². The molecule has 1 rings (SSSR count). The van der Waals surface area contributed by atoms with E-state index < -0.39 is 0 Å². The Bertz CT molecular complexity index is 238. The highest BCUT2D eigenvalue weighted by Gasteiger charge is 2.29. The minimum absolute atomic E-state index is 0.251. The van der Waals surface area contributed by atoms with E-state index in [0.29, 0.717) is 6.04 Å². The van der Waals surface area contributed by atoms with E-state index in [2.05, 4.69) is 31.0 Å². The van der Waals surface area contributed by atoms with Crippen LogP contribution in [0.5, 0.6) is 0 Å². The van der Waals surface area contributed by atoms with Crippen LogP contribution in [0.3, 0.4) is 0 Å². The van der Waals surface area contributed by atoms with Crippen molar-refractivity contribution in [2.45, 2.75) is 51.6 Å². The summed E-state index contributed by atoms with van der Waals surface area (Å²) in [5.41, 5.74) is 0.251. The third kappa shape index (κ3) is 6.21. The number of nitrogens with zero attached hydrogens (tertiary/aromatic N) is 1. The largest absolute Gasteiger partial charge is 0.385 e. The molecule has 0 radical (unpaired) electrons. The molecule has 0 amide bonds. The molecule has 4 nitrogen and oxygen atoms in total. The maximum absolute atomic E-state index is 5.69. The second-order valence-electron chi connectivity index (χ2n) is 5.91. The average molecular weight is 272 g/mol. The minimum Gasteiger partial charge on any atom is -0.385 e. The fourth-order valence-electron chi connectivity index (χ4n) is 2.55. The first-order valence-corrected chi connectivity index (χ1v) is 7.67. The van der Waals surface area contributed by atoms with Crippen LogP contribution < -0.4 is 5.32 Å². The molecule has 0 aromatic rings. The molecule has 1 fully saturated rings. The highest BCUT2D eigenvalue weighted by molar-refractivity contribution is 4.90. The molecular formula is C15H32N2O2. The molecule has 0 aliphatic carbocycles. The fraction of sp³-hybridized carbons (Fsp3) is 1.00. The summed E-state index contributed by atoms with van der Waals surface area (Å²) in [5.74, 6) is 0. The lowest BCUT2D eigenvalue weighted by molar-refractivity contribution is 0.0685. The van der Waals surface area contributed by atoms with Gasteiger partial charge in [-0.2, -0.15) is 0 Å². The second-order valence-corrected chi connectivity index (χ2v) is 5.91. The zero-order chi connectivity index (χ0) is 14.1. The molecule has 0 aromatic carbocycles. The van der Waals surface area contributed by atoms with Crippen LogP contribution >= 0.6 is 0 Å². The molecule has 0 spiro atoms. The lowest BCUT2D eigenvalue weighted by Gasteiger charge is -2.34. The quantitative estimate of drug-likeness (QED) is 0.684. The van der Waals surface area contributed by atoms with Gasteiger partial charge < -0.3 is 14.8 Å². The number of methoxy groups -OCH3 is 1. The molecule has 2 unspecified atom stereocenters. The Morgan fingerprint density at radius 3 is 2.79 bits per heavy atom. The van der Waals surface area contributed by atoms with Crippen LogP contribution in [-0.2, 0) is 9.47 Å². The molecule has 4 heteroatoms. The maximum Gasteiger partial charge on any atom is 0.0593 e. The summed E-state index contributed by atoms with van der Waals surface area (Å²) >= 11 is 0. The highest BCUT2D eigenvalue weighted by Crippen LogP contribution is 2.18. The van der Waals surface area contributed by atoms with Crippen molar-refractivity contribution in [3.63, 3.8) is 0 Å². The van der Waals surface area contributed by atoms with E-state index >= 15 is 0 Å². The van der Waals surface area contributed by atoms with Gasteiger partial charge >= 0.3 is 0 Å². The minimum atomic E-state index is 0.251. The summed E-state index contributed by atoms with van der Waals surface area (Å²) in [6.45, 7) is 12.6. The zero-order valence-electron chi connectivity index (χ0n) is 13.2. The fourth-order valence-corrected chi connectivity index (χ4v) is 2.55. The van der Waals surface area contributed by atoms with Crippen LogP contribution in [0.25, 0.3) is 0 Å². The SMILES string of the molecule is CCC1(C)CN(CCOCCCOC)C(C)CCN1. The van der Waals surface area contributed by atoms with Crippen molar-refractivity contribution >= 4 is 0 Å². The van der Waals surface area contributed by atoms with Crippen molar-refractivity contribution in [1.29, 1.82) is 0 Å². The van der Waals surface area contributed by atoms with Gasteiger partial charge in [0.15, 0.2) is 0 Å². The van der Waals surface area contributed by atoms with Gasteiger partial charge in [0.2, 0.25) is 0 Å². The molecule has 1 N–H and O–H groups in total.